The van der Waals surface area contributed by atoms with Crippen molar-refractivity contribution < 1.29 is 9.53 Å². The molecule has 72 valence electrons. The Kier molecular flexibility index (Phi) is 2.14. The molecule has 0 radical (unpaired) electrons. The second kappa shape index (κ2) is 3.17. The fourth-order valence-corrected chi connectivity index (χ4v) is 2.96. The quantitative estimate of drug-likeness (QED) is 0.481. The summed E-state index contributed by atoms with van der Waals surface area (Å²) in [6, 6.07) is 0. The van der Waals surface area contributed by atoms with Gasteiger partial charge >= 0.3 is 5.97 Å². The van der Waals surface area contributed by atoms with Crippen molar-refractivity contribution >= 4 is 5.97 Å². The molecule has 0 aliphatic heterocycles. The van der Waals surface area contributed by atoms with Crippen LogP contribution in [0.4, 0.5) is 0 Å². The average molecular weight is 180 g/mol. The maximum atomic E-state index is 10.8. The van der Waals surface area contributed by atoms with Crippen LogP contribution in [0.25, 0.3) is 0 Å². The van der Waals surface area contributed by atoms with Gasteiger partial charge in [-0.1, -0.05) is 6.08 Å². The van der Waals surface area contributed by atoms with Crippen molar-refractivity contribution in [2.45, 2.75) is 32.3 Å². The van der Waals surface area contributed by atoms with E-state index in [1.54, 1.807) is 0 Å². The molecule has 2 nitrogen and oxygen atoms in total. The average Bonchev–Trinajstić information content (AvgIpc) is 2.60. The van der Waals surface area contributed by atoms with Gasteiger partial charge in [0.05, 0.1) is 0 Å². The van der Waals surface area contributed by atoms with Crippen molar-refractivity contribution in [2.24, 2.45) is 17.8 Å². The van der Waals surface area contributed by atoms with Crippen LogP contribution in [0.5, 0.6) is 0 Å². The second-order valence-corrected chi connectivity index (χ2v) is 4.28. The van der Waals surface area contributed by atoms with E-state index in [0.717, 1.165) is 12.3 Å². The van der Waals surface area contributed by atoms with Crippen molar-refractivity contribution in [3.63, 3.8) is 0 Å². The Hall–Kier alpha value is -0.790. The molecule has 0 N–H and O–H groups in total. The molecule has 2 aliphatic carbocycles. The number of rotatable bonds is 2. The molecule has 0 spiro atoms. The second-order valence-electron chi connectivity index (χ2n) is 4.28. The molecule has 0 aromatic heterocycles. The summed E-state index contributed by atoms with van der Waals surface area (Å²) in [7, 11) is 0. The van der Waals surface area contributed by atoms with Gasteiger partial charge in [-0.15, -0.1) is 6.58 Å². The van der Waals surface area contributed by atoms with Crippen LogP contribution in [0.3, 0.4) is 0 Å². The third-order valence-electron chi connectivity index (χ3n) is 3.42. The predicted molar refractivity (Wildman–Crippen MR) is 50.1 cm³/mol. The van der Waals surface area contributed by atoms with Crippen LogP contribution in [0, 0.1) is 17.8 Å². The fraction of sp³-hybridized carbons (Fsp3) is 0.727. The van der Waals surface area contributed by atoms with E-state index in [9.17, 15) is 4.79 Å². The SMILES string of the molecule is C=CC1CC2CC(OC(C)=O)C1C2. The summed E-state index contributed by atoms with van der Waals surface area (Å²) in [5.41, 5.74) is 0. The Morgan fingerprint density at radius 1 is 1.46 bits per heavy atom. The van der Waals surface area contributed by atoms with Gasteiger partial charge in [0.15, 0.2) is 0 Å². The highest BCUT2D eigenvalue weighted by molar-refractivity contribution is 5.66. The first kappa shape index (κ1) is 8.79. The van der Waals surface area contributed by atoms with Gasteiger partial charge in [0.2, 0.25) is 0 Å². The van der Waals surface area contributed by atoms with E-state index in [2.05, 4.69) is 6.58 Å². The number of allylic oxidation sites excluding steroid dienone is 1. The molecule has 2 heteroatoms. The number of hydrogen-bond acceptors (Lipinski definition) is 2. The summed E-state index contributed by atoms with van der Waals surface area (Å²) in [6.45, 7) is 5.33. The minimum absolute atomic E-state index is 0.139. The molecule has 0 heterocycles. The standard InChI is InChI=1S/C11H16O2/c1-3-9-4-8-5-10(9)11(6-8)13-7(2)12/h3,8-11H,1,4-6H2,2H3. The third kappa shape index (κ3) is 1.50. The zero-order valence-corrected chi connectivity index (χ0v) is 8.03. The van der Waals surface area contributed by atoms with Crippen LogP contribution >= 0.6 is 0 Å². The van der Waals surface area contributed by atoms with E-state index in [-0.39, 0.29) is 12.1 Å². The van der Waals surface area contributed by atoms with E-state index >= 15 is 0 Å². The highest BCUT2D eigenvalue weighted by Gasteiger charge is 2.46. The first-order chi connectivity index (χ1) is 6.20. The van der Waals surface area contributed by atoms with E-state index < -0.39 is 0 Å². The molecule has 0 aromatic carbocycles. The molecule has 2 rings (SSSR count). The predicted octanol–water partition coefficient (Wildman–Crippen LogP) is 2.15. The zero-order chi connectivity index (χ0) is 9.42. The van der Waals surface area contributed by atoms with Crippen molar-refractivity contribution in [1.82, 2.24) is 0 Å². The van der Waals surface area contributed by atoms with Crippen LogP contribution < -0.4 is 0 Å². The van der Waals surface area contributed by atoms with Gasteiger partial charge in [-0.2, -0.15) is 0 Å². The van der Waals surface area contributed by atoms with Crippen molar-refractivity contribution in [1.29, 1.82) is 0 Å². The van der Waals surface area contributed by atoms with Gasteiger partial charge in [-0.3, -0.25) is 4.79 Å². The number of hydrogen-bond donors (Lipinski definition) is 0. The summed E-state index contributed by atoms with van der Waals surface area (Å²) in [5, 5.41) is 0. The normalized spacial score (nSPS) is 41.9. The summed E-state index contributed by atoms with van der Waals surface area (Å²) >= 11 is 0. The molecule has 13 heavy (non-hydrogen) atoms. The zero-order valence-electron chi connectivity index (χ0n) is 8.03. The number of carbonyl (C=O) groups is 1. The van der Waals surface area contributed by atoms with E-state index in [1.165, 1.54) is 19.8 Å². The molecule has 4 atom stereocenters. The molecule has 4 unspecified atom stereocenters. The van der Waals surface area contributed by atoms with Gasteiger partial charge in [0, 0.05) is 12.8 Å². The van der Waals surface area contributed by atoms with Crippen LogP contribution in [-0.2, 0) is 9.53 Å². The van der Waals surface area contributed by atoms with Crippen LogP contribution in [-0.4, -0.2) is 12.1 Å². The first-order valence-electron chi connectivity index (χ1n) is 5.00. The topological polar surface area (TPSA) is 26.3 Å². The minimum Gasteiger partial charge on any atom is -0.462 e. The molecule has 0 aromatic rings. The van der Waals surface area contributed by atoms with Gasteiger partial charge < -0.3 is 4.74 Å². The molecular formula is C11H16O2. The molecule has 0 amide bonds. The van der Waals surface area contributed by atoms with Crippen LogP contribution in [0.1, 0.15) is 26.2 Å². The van der Waals surface area contributed by atoms with Crippen molar-refractivity contribution in [3.8, 4) is 0 Å². The van der Waals surface area contributed by atoms with E-state index in [4.69, 9.17) is 4.74 Å². The number of ether oxygens (including phenoxy) is 1. The van der Waals surface area contributed by atoms with Gasteiger partial charge in [0.25, 0.3) is 0 Å². The number of esters is 1. The van der Waals surface area contributed by atoms with Gasteiger partial charge in [0.1, 0.15) is 6.10 Å². The summed E-state index contributed by atoms with van der Waals surface area (Å²) in [4.78, 5) is 10.8. The van der Waals surface area contributed by atoms with Crippen LogP contribution in [0.2, 0.25) is 0 Å². The Bertz CT molecular complexity index is 234. The smallest absolute Gasteiger partial charge is 0.302 e. The lowest BCUT2D eigenvalue weighted by Crippen LogP contribution is -2.27. The molecule has 0 saturated heterocycles. The maximum Gasteiger partial charge on any atom is 0.302 e. The number of carbonyl (C=O) groups excluding carboxylic acids is 1. The maximum absolute atomic E-state index is 10.8. The van der Waals surface area contributed by atoms with Gasteiger partial charge in [-0.05, 0) is 31.1 Å². The fourth-order valence-electron chi connectivity index (χ4n) is 2.96. The largest absolute Gasteiger partial charge is 0.462 e. The Morgan fingerprint density at radius 2 is 2.23 bits per heavy atom. The highest BCUT2D eigenvalue weighted by Crippen LogP contribution is 2.50. The van der Waals surface area contributed by atoms with Crippen molar-refractivity contribution in [3.05, 3.63) is 12.7 Å². The molecule has 2 bridgehead atoms. The van der Waals surface area contributed by atoms with E-state index in [0.29, 0.717) is 11.8 Å². The molecular weight excluding hydrogens is 164 g/mol. The monoisotopic (exact) mass is 180 g/mol. The highest BCUT2D eigenvalue weighted by atomic mass is 16.5. The Morgan fingerprint density at radius 3 is 2.77 bits per heavy atom. The van der Waals surface area contributed by atoms with Crippen LogP contribution in [0.15, 0.2) is 12.7 Å². The molecule has 2 saturated carbocycles. The summed E-state index contributed by atoms with van der Waals surface area (Å²) in [6.07, 6.45) is 5.77. The number of fused-ring (bicyclic) bond motifs is 2. The minimum atomic E-state index is -0.139. The third-order valence-corrected chi connectivity index (χ3v) is 3.42. The lowest BCUT2D eigenvalue weighted by Gasteiger charge is -2.26. The Labute approximate surface area is 79.0 Å². The van der Waals surface area contributed by atoms with Gasteiger partial charge in [-0.25, -0.2) is 0 Å². The van der Waals surface area contributed by atoms with Crippen molar-refractivity contribution in [2.75, 3.05) is 0 Å². The lowest BCUT2D eigenvalue weighted by molar-refractivity contribution is -0.149. The Balaban J connectivity index is 2.01. The summed E-state index contributed by atoms with van der Waals surface area (Å²) < 4.78 is 5.29. The van der Waals surface area contributed by atoms with E-state index in [1.807, 2.05) is 6.08 Å². The molecule has 2 fully saturated rings. The lowest BCUT2D eigenvalue weighted by atomic mass is 9.87. The summed E-state index contributed by atoms with van der Waals surface area (Å²) in [5.74, 6) is 1.78. The first-order valence-corrected chi connectivity index (χ1v) is 5.00. The molecule has 2 aliphatic rings.